The second-order valence-electron chi connectivity index (χ2n) is 11.3. The lowest BCUT2D eigenvalue weighted by atomic mass is 9.80. The normalized spacial score (nSPS) is 11.2. The molecule has 5 heteroatoms. The van der Waals surface area contributed by atoms with Gasteiger partial charge in [0.25, 0.3) is 0 Å². The van der Waals surface area contributed by atoms with E-state index in [9.17, 15) is 0 Å². The predicted octanol–water partition coefficient (Wildman–Crippen LogP) is 9.42. The Morgan fingerprint density at radius 3 is 1.79 bits per heavy atom. The summed E-state index contributed by atoms with van der Waals surface area (Å²) < 4.78 is 24.1. The molecule has 0 atom stereocenters. The Bertz CT molecular complexity index is 1820. The fourth-order valence-electron chi connectivity index (χ4n) is 5.80. The van der Waals surface area contributed by atoms with Crippen LogP contribution in [0.4, 0.5) is 0 Å². The van der Waals surface area contributed by atoms with Gasteiger partial charge in [-0.1, -0.05) is 104 Å². The second kappa shape index (κ2) is 14.8. The molecule has 5 nitrogen and oxygen atoms in total. The molecule has 0 amide bonds. The minimum Gasteiger partial charge on any atom is -0.497 e. The first-order valence-corrected chi connectivity index (χ1v) is 15.9. The van der Waals surface area contributed by atoms with E-state index in [0.29, 0.717) is 13.2 Å². The van der Waals surface area contributed by atoms with Crippen LogP contribution in [0.5, 0.6) is 17.2 Å². The molecule has 6 rings (SSSR count). The van der Waals surface area contributed by atoms with Crippen LogP contribution in [0.2, 0.25) is 0 Å². The number of hydrogen-bond acceptors (Lipinski definition) is 5. The molecule has 6 aromatic rings. The summed E-state index contributed by atoms with van der Waals surface area (Å²) in [5.41, 5.74) is 7.36. The SMILES string of the molecule is CCc1cccc(COc2cccc(-c3ccc(COC(c4ccccc4)(c4ccc(OC)cc4)c4ccc(OC)cc4)cn3)c2)c1. The zero-order valence-electron chi connectivity index (χ0n) is 27.1. The molecule has 0 aliphatic carbocycles. The van der Waals surface area contributed by atoms with E-state index in [0.717, 1.165) is 62.7 Å². The maximum absolute atomic E-state index is 7.03. The van der Waals surface area contributed by atoms with E-state index < -0.39 is 5.60 Å². The van der Waals surface area contributed by atoms with Crippen LogP contribution in [0.25, 0.3) is 11.3 Å². The Balaban J connectivity index is 1.26. The van der Waals surface area contributed by atoms with Gasteiger partial charge in [0.15, 0.2) is 0 Å². The smallest absolute Gasteiger partial charge is 0.144 e. The number of hydrogen-bond donors (Lipinski definition) is 0. The second-order valence-corrected chi connectivity index (χ2v) is 11.3. The molecule has 0 saturated heterocycles. The number of methoxy groups -OCH3 is 2. The number of rotatable bonds is 13. The fraction of sp³-hybridized carbons (Fsp3) is 0.167. The van der Waals surface area contributed by atoms with Gasteiger partial charge in [-0.15, -0.1) is 0 Å². The maximum atomic E-state index is 7.03. The quantitative estimate of drug-likeness (QED) is 0.120. The van der Waals surface area contributed by atoms with Crippen molar-refractivity contribution in [2.45, 2.75) is 32.2 Å². The lowest BCUT2D eigenvalue weighted by molar-refractivity contribution is 0.0000784. The van der Waals surface area contributed by atoms with Crippen LogP contribution < -0.4 is 14.2 Å². The topological polar surface area (TPSA) is 49.8 Å². The Hall–Kier alpha value is -5.39. The zero-order valence-corrected chi connectivity index (χ0v) is 27.1. The Labute approximate surface area is 277 Å². The average molecular weight is 622 g/mol. The molecule has 0 N–H and O–H groups in total. The van der Waals surface area contributed by atoms with E-state index in [4.69, 9.17) is 23.9 Å². The van der Waals surface area contributed by atoms with Crippen molar-refractivity contribution in [2.24, 2.45) is 0 Å². The maximum Gasteiger partial charge on any atom is 0.144 e. The molecule has 0 radical (unpaired) electrons. The van der Waals surface area contributed by atoms with Gasteiger partial charge in [-0.3, -0.25) is 4.98 Å². The molecule has 236 valence electrons. The number of pyridine rings is 1. The molecule has 1 heterocycles. The van der Waals surface area contributed by atoms with Crippen LogP contribution in [-0.2, 0) is 30.0 Å². The first-order valence-electron chi connectivity index (χ1n) is 15.9. The number of aryl methyl sites for hydroxylation is 1. The largest absolute Gasteiger partial charge is 0.497 e. The van der Waals surface area contributed by atoms with Crippen molar-refractivity contribution in [3.63, 3.8) is 0 Å². The first-order chi connectivity index (χ1) is 23.1. The summed E-state index contributed by atoms with van der Waals surface area (Å²) >= 11 is 0. The van der Waals surface area contributed by atoms with Crippen molar-refractivity contribution >= 4 is 0 Å². The van der Waals surface area contributed by atoms with Crippen LogP contribution in [-0.4, -0.2) is 19.2 Å². The van der Waals surface area contributed by atoms with Crippen LogP contribution in [0, 0.1) is 0 Å². The van der Waals surface area contributed by atoms with Crippen molar-refractivity contribution in [1.29, 1.82) is 0 Å². The van der Waals surface area contributed by atoms with Crippen LogP contribution in [0.3, 0.4) is 0 Å². The van der Waals surface area contributed by atoms with Crippen LogP contribution in [0.1, 0.15) is 40.3 Å². The molecule has 0 unspecified atom stereocenters. The van der Waals surface area contributed by atoms with Gasteiger partial charge in [0.05, 0.1) is 26.5 Å². The van der Waals surface area contributed by atoms with Gasteiger partial charge in [-0.05, 0) is 82.3 Å². The van der Waals surface area contributed by atoms with E-state index >= 15 is 0 Å². The molecule has 0 bridgehead atoms. The number of benzene rings is 5. The van der Waals surface area contributed by atoms with Gasteiger partial charge in [0.1, 0.15) is 29.5 Å². The van der Waals surface area contributed by atoms with Crippen molar-refractivity contribution in [1.82, 2.24) is 4.98 Å². The van der Waals surface area contributed by atoms with Gasteiger partial charge >= 0.3 is 0 Å². The third kappa shape index (κ3) is 7.21. The summed E-state index contributed by atoms with van der Waals surface area (Å²) in [6.07, 6.45) is 2.89. The third-order valence-corrected chi connectivity index (χ3v) is 8.39. The summed E-state index contributed by atoms with van der Waals surface area (Å²) in [5.74, 6) is 2.38. The molecule has 0 saturated carbocycles. The molecular formula is C42H39NO4. The molecule has 5 aromatic carbocycles. The van der Waals surface area contributed by atoms with Gasteiger partial charge in [-0.25, -0.2) is 0 Å². The average Bonchev–Trinajstić information content (AvgIpc) is 3.15. The van der Waals surface area contributed by atoms with E-state index in [1.54, 1.807) is 14.2 Å². The number of ether oxygens (including phenoxy) is 4. The summed E-state index contributed by atoms with van der Waals surface area (Å²) in [6, 6.07) is 47.1. The highest BCUT2D eigenvalue weighted by Crippen LogP contribution is 2.42. The minimum atomic E-state index is -0.902. The highest BCUT2D eigenvalue weighted by Gasteiger charge is 2.38. The number of aromatic nitrogens is 1. The first kappa shape index (κ1) is 31.6. The highest BCUT2D eigenvalue weighted by molar-refractivity contribution is 5.61. The van der Waals surface area contributed by atoms with Crippen molar-refractivity contribution in [3.05, 3.63) is 179 Å². The van der Waals surface area contributed by atoms with Crippen molar-refractivity contribution in [2.75, 3.05) is 14.2 Å². The van der Waals surface area contributed by atoms with Crippen molar-refractivity contribution in [3.8, 4) is 28.5 Å². The standard InChI is InChI=1S/C42H39NO4/c1-4-31-10-8-11-32(26-31)29-46-40-15-9-12-34(27-40)41-25-16-33(28-43-41)30-47-42(35-13-6-5-7-14-35,36-17-21-38(44-2)22-18-36)37-19-23-39(45-3)24-20-37/h5-28H,4,29-30H2,1-3H3. The predicted molar refractivity (Wildman–Crippen MR) is 187 cm³/mol. The van der Waals surface area contributed by atoms with Gasteiger partial charge in [-0.2, -0.15) is 0 Å². The summed E-state index contributed by atoms with van der Waals surface area (Å²) in [6.45, 7) is 3.02. The Morgan fingerprint density at radius 2 is 1.17 bits per heavy atom. The third-order valence-electron chi connectivity index (χ3n) is 8.39. The molecular weight excluding hydrogens is 582 g/mol. The molecule has 0 spiro atoms. The van der Waals surface area contributed by atoms with Crippen molar-refractivity contribution < 1.29 is 18.9 Å². The van der Waals surface area contributed by atoms with E-state index in [1.807, 2.05) is 72.9 Å². The van der Waals surface area contributed by atoms with Crippen LogP contribution in [0.15, 0.2) is 146 Å². The Kier molecular flexibility index (Phi) is 9.95. The fourth-order valence-corrected chi connectivity index (χ4v) is 5.80. The lowest BCUT2D eigenvalue weighted by Crippen LogP contribution is -2.32. The molecule has 1 aromatic heterocycles. The number of nitrogens with zero attached hydrogens (tertiary/aromatic N) is 1. The monoisotopic (exact) mass is 621 g/mol. The van der Waals surface area contributed by atoms with Gasteiger partial charge < -0.3 is 18.9 Å². The molecule has 0 aliphatic rings. The van der Waals surface area contributed by atoms with Crippen LogP contribution >= 0.6 is 0 Å². The zero-order chi connectivity index (χ0) is 32.5. The van der Waals surface area contributed by atoms with E-state index in [2.05, 4.69) is 79.7 Å². The lowest BCUT2D eigenvalue weighted by Gasteiger charge is -2.36. The summed E-state index contributed by atoms with van der Waals surface area (Å²) in [7, 11) is 3.35. The molecule has 0 aliphatic heterocycles. The Morgan fingerprint density at radius 1 is 0.532 bits per heavy atom. The molecule has 47 heavy (non-hydrogen) atoms. The highest BCUT2D eigenvalue weighted by atomic mass is 16.5. The summed E-state index contributed by atoms with van der Waals surface area (Å²) in [5, 5.41) is 0. The van der Waals surface area contributed by atoms with E-state index in [1.165, 1.54) is 5.56 Å². The van der Waals surface area contributed by atoms with Gasteiger partial charge in [0.2, 0.25) is 0 Å². The summed E-state index contributed by atoms with van der Waals surface area (Å²) in [4.78, 5) is 4.83. The minimum absolute atomic E-state index is 0.334. The van der Waals surface area contributed by atoms with E-state index in [-0.39, 0.29) is 0 Å². The molecule has 0 fully saturated rings. The van der Waals surface area contributed by atoms with Gasteiger partial charge in [0, 0.05) is 11.8 Å².